The largest absolute Gasteiger partial charge is 0.309 e. The second-order valence-electron chi connectivity index (χ2n) is 4.30. The van der Waals surface area contributed by atoms with E-state index in [1.165, 1.54) is 24.3 Å². The van der Waals surface area contributed by atoms with Gasteiger partial charge in [0.05, 0.1) is 4.92 Å². The van der Waals surface area contributed by atoms with E-state index in [0.717, 1.165) is 11.1 Å². The van der Waals surface area contributed by atoms with Gasteiger partial charge >= 0.3 is 0 Å². The molecule has 0 fully saturated rings. The van der Waals surface area contributed by atoms with Gasteiger partial charge in [0.2, 0.25) is 0 Å². The van der Waals surface area contributed by atoms with Crippen LogP contribution in [0.1, 0.15) is 11.1 Å². The summed E-state index contributed by atoms with van der Waals surface area (Å²) in [5, 5.41) is 13.7. The van der Waals surface area contributed by atoms with Crippen molar-refractivity contribution in [3.8, 4) is 0 Å². The Labute approximate surface area is 123 Å². The van der Waals surface area contributed by atoms with Crippen LogP contribution in [0.3, 0.4) is 0 Å². The topological polar surface area (TPSA) is 55.2 Å². The van der Waals surface area contributed by atoms with Crippen LogP contribution < -0.4 is 5.32 Å². The van der Waals surface area contributed by atoms with Gasteiger partial charge in [0, 0.05) is 29.7 Å². The molecule has 0 aliphatic rings. The molecule has 6 heteroatoms. The molecular formula is C14H12BrFN2O2. The maximum atomic E-state index is 13.2. The monoisotopic (exact) mass is 338 g/mol. The van der Waals surface area contributed by atoms with Crippen LogP contribution in [-0.4, -0.2) is 4.92 Å². The van der Waals surface area contributed by atoms with Crippen molar-refractivity contribution in [1.82, 2.24) is 5.32 Å². The second-order valence-corrected chi connectivity index (χ2v) is 5.22. The van der Waals surface area contributed by atoms with E-state index in [4.69, 9.17) is 0 Å². The van der Waals surface area contributed by atoms with E-state index in [0.29, 0.717) is 17.6 Å². The van der Waals surface area contributed by atoms with Crippen molar-refractivity contribution >= 4 is 21.6 Å². The summed E-state index contributed by atoms with van der Waals surface area (Å²) in [7, 11) is 0. The molecule has 2 aromatic carbocycles. The molecule has 0 bridgehead atoms. The van der Waals surface area contributed by atoms with E-state index < -0.39 is 4.92 Å². The predicted octanol–water partition coefficient (Wildman–Crippen LogP) is 3.79. The minimum Gasteiger partial charge on any atom is -0.309 e. The molecule has 0 aliphatic carbocycles. The molecule has 2 rings (SSSR count). The van der Waals surface area contributed by atoms with Gasteiger partial charge in [-0.1, -0.05) is 28.1 Å². The quantitative estimate of drug-likeness (QED) is 0.666. The number of benzene rings is 2. The molecule has 104 valence electrons. The van der Waals surface area contributed by atoms with Crippen molar-refractivity contribution in [3.05, 3.63) is 74.0 Å². The van der Waals surface area contributed by atoms with Crippen LogP contribution in [0.4, 0.5) is 10.1 Å². The molecule has 0 atom stereocenters. The smallest absolute Gasteiger partial charge is 0.269 e. The minimum absolute atomic E-state index is 0.0720. The molecule has 2 aromatic rings. The van der Waals surface area contributed by atoms with E-state index in [-0.39, 0.29) is 11.5 Å². The molecule has 0 saturated heterocycles. The Balaban J connectivity index is 1.90. The van der Waals surface area contributed by atoms with Crippen molar-refractivity contribution in [1.29, 1.82) is 0 Å². The third kappa shape index (κ3) is 4.11. The lowest BCUT2D eigenvalue weighted by Crippen LogP contribution is -2.12. The van der Waals surface area contributed by atoms with Crippen LogP contribution in [0.2, 0.25) is 0 Å². The molecule has 0 unspecified atom stereocenters. The third-order valence-electron chi connectivity index (χ3n) is 2.73. The number of nitro benzene ring substituents is 1. The Hall–Kier alpha value is -1.79. The van der Waals surface area contributed by atoms with Gasteiger partial charge < -0.3 is 5.32 Å². The van der Waals surface area contributed by atoms with Crippen molar-refractivity contribution in [2.24, 2.45) is 0 Å². The second kappa shape index (κ2) is 6.58. The molecule has 4 nitrogen and oxygen atoms in total. The lowest BCUT2D eigenvalue weighted by atomic mass is 10.2. The summed E-state index contributed by atoms with van der Waals surface area (Å²) in [5.41, 5.74) is 1.84. The lowest BCUT2D eigenvalue weighted by molar-refractivity contribution is -0.384. The molecule has 20 heavy (non-hydrogen) atoms. The zero-order valence-electron chi connectivity index (χ0n) is 10.5. The highest BCUT2D eigenvalue weighted by Gasteiger charge is 2.04. The van der Waals surface area contributed by atoms with Gasteiger partial charge in [-0.05, 0) is 29.3 Å². The molecule has 0 radical (unpaired) electrons. The van der Waals surface area contributed by atoms with Crippen LogP contribution in [0.5, 0.6) is 0 Å². The Morgan fingerprint density at radius 2 is 1.75 bits per heavy atom. The highest BCUT2D eigenvalue weighted by Crippen LogP contribution is 2.15. The zero-order chi connectivity index (χ0) is 14.5. The number of rotatable bonds is 5. The van der Waals surface area contributed by atoms with Gasteiger partial charge in [0.25, 0.3) is 5.69 Å². The highest BCUT2D eigenvalue weighted by molar-refractivity contribution is 9.10. The van der Waals surface area contributed by atoms with E-state index in [1.54, 1.807) is 12.1 Å². The van der Waals surface area contributed by atoms with Crippen LogP contribution in [0.15, 0.2) is 46.9 Å². The summed E-state index contributed by atoms with van der Waals surface area (Å²) in [6.07, 6.45) is 0. The van der Waals surface area contributed by atoms with Gasteiger partial charge in [-0.25, -0.2) is 4.39 Å². The average molecular weight is 339 g/mol. The Morgan fingerprint density at radius 3 is 2.35 bits per heavy atom. The maximum Gasteiger partial charge on any atom is 0.269 e. The van der Waals surface area contributed by atoms with Crippen molar-refractivity contribution < 1.29 is 9.31 Å². The first kappa shape index (κ1) is 14.6. The average Bonchev–Trinajstić information content (AvgIpc) is 2.38. The van der Waals surface area contributed by atoms with E-state index in [9.17, 15) is 14.5 Å². The first-order valence-electron chi connectivity index (χ1n) is 5.93. The number of non-ortho nitro benzene ring substituents is 1. The number of hydrogen-bond donors (Lipinski definition) is 1. The summed E-state index contributed by atoms with van der Waals surface area (Å²) in [6, 6.07) is 11.0. The van der Waals surface area contributed by atoms with Crippen LogP contribution in [0.25, 0.3) is 0 Å². The minimum atomic E-state index is -0.429. The first-order valence-corrected chi connectivity index (χ1v) is 6.73. The SMILES string of the molecule is O=[N+]([O-])c1ccc(CNCc2cc(F)cc(Br)c2)cc1. The van der Waals surface area contributed by atoms with Gasteiger partial charge in [-0.3, -0.25) is 10.1 Å². The number of nitrogens with one attached hydrogen (secondary N) is 1. The summed E-state index contributed by atoms with van der Waals surface area (Å²) >= 11 is 3.24. The summed E-state index contributed by atoms with van der Waals surface area (Å²) < 4.78 is 13.9. The summed E-state index contributed by atoms with van der Waals surface area (Å²) in [4.78, 5) is 10.1. The van der Waals surface area contributed by atoms with Crippen LogP contribution in [0, 0.1) is 15.9 Å². The number of nitrogens with zero attached hydrogens (tertiary/aromatic N) is 1. The first-order chi connectivity index (χ1) is 9.54. The van der Waals surface area contributed by atoms with Gasteiger partial charge in [-0.2, -0.15) is 0 Å². The zero-order valence-corrected chi connectivity index (χ0v) is 12.1. The molecule has 0 aromatic heterocycles. The summed E-state index contributed by atoms with van der Waals surface area (Å²) in [6.45, 7) is 1.08. The Bertz CT molecular complexity index is 597. The Morgan fingerprint density at radius 1 is 1.10 bits per heavy atom. The Kier molecular flexibility index (Phi) is 4.81. The fourth-order valence-electron chi connectivity index (χ4n) is 1.80. The maximum absolute atomic E-state index is 13.2. The fraction of sp³-hybridized carbons (Fsp3) is 0.143. The highest BCUT2D eigenvalue weighted by atomic mass is 79.9. The van der Waals surface area contributed by atoms with Gasteiger partial charge in [0.1, 0.15) is 5.82 Å². The lowest BCUT2D eigenvalue weighted by Gasteiger charge is -2.06. The fourth-order valence-corrected chi connectivity index (χ4v) is 2.31. The molecule has 0 aliphatic heterocycles. The predicted molar refractivity (Wildman–Crippen MR) is 77.7 cm³/mol. The van der Waals surface area contributed by atoms with Crippen LogP contribution in [-0.2, 0) is 13.1 Å². The third-order valence-corrected chi connectivity index (χ3v) is 3.19. The van der Waals surface area contributed by atoms with Crippen molar-refractivity contribution in [2.45, 2.75) is 13.1 Å². The van der Waals surface area contributed by atoms with Gasteiger partial charge in [0.15, 0.2) is 0 Å². The number of nitro groups is 1. The van der Waals surface area contributed by atoms with E-state index in [1.807, 2.05) is 6.07 Å². The molecule has 0 saturated carbocycles. The van der Waals surface area contributed by atoms with Gasteiger partial charge in [-0.15, -0.1) is 0 Å². The molecule has 0 spiro atoms. The van der Waals surface area contributed by atoms with E-state index >= 15 is 0 Å². The molecule has 0 heterocycles. The molecule has 0 amide bonds. The van der Waals surface area contributed by atoms with Crippen LogP contribution >= 0.6 is 15.9 Å². The molecular weight excluding hydrogens is 327 g/mol. The standard InChI is InChI=1S/C14H12BrFN2O2/c15-12-5-11(6-13(16)7-12)9-17-8-10-1-3-14(4-2-10)18(19)20/h1-7,17H,8-9H2. The molecule has 1 N–H and O–H groups in total. The number of hydrogen-bond acceptors (Lipinski definition) is 3. The normalized spacial score (nSPS) is 10.5. The van der Waals surface area contributed by atoms with E-state index in [2.05, 4.69) is 21.2 Å². The number of halogens is 2. The van der Waals surface area contributed by atoms with Crippen molar-refractivity contribution in [3.63, 3.8) is 0 Å². The summed E-state index contributed by atoms with van der Waals surface area (Å²) in [5.74, 6) is -0.286. The van der Waals surface area contributed by atoms with Crippen molar-refractivity contribution in [2.75, 3.05) is 0 Å².